The van der Waals surface area contributed by atoms with Crippen LogP contribution >= 0.6 is 0 Å². The first-order valence-corrected chi connectivity index (χ1v) is 10.8. The Labute approximate surface area is 196 Å². The third-order valence-electron chi connectivity index (χ3n) is 5.95. The van der Waals surface area contributed by atoms with Gasteiger partial charge in [-0.25, -0.2) is 4.39 Å². The number of hydrogen-bond donors (Lipinski definition) is 1. The molecular weight excluding hydrogens is 447 g/mol. The maximum atomic E-state index is 13.5. The van der Waals surface area contributed by atoms with Crippen molar-refractivity contribution in [2.45, 2.75) is 37.6 Å². The van der Waals surface area contributed by atoms with Crippen molar-refractivity contribution in [3.05, 3.63) is 95.6 Å². The number of carbonyl (C=O) groups is 1. The molecule has 1 fully saturated rings. The quantitative estimate of drug-likeness (QED) is 0.416. The number of benzene rings is 3. The van der Waals surface area contributed by atoms with Crippen LogP contribution in [0.2, 0.25) is 0 Å². The molecule has 4 atom stereocenters. The van der Waals surface area contributed by atoms with Crippen molar-refractivity contribution in [2.75, 3.05) is 11.7 Å². The minimum atomic E-state index is -4.49. The van der Waals surface area contributed by atoms with Crippen LogP contribution in [0.5, 0.6) is 5.75 Å². The van der Waals surface area contributed by atoms with Crippen LogP contribution in [0.1, 0.15) is 43.5 Å². The topological polar surface area (TPSA) is 41.6 Å². The number of amides is 1. The van der Waals surface area contributed by atoms with Gasteiger partial charge in [-0.15, -0.1) is 0 Å². The van der Waals surface area contributed by atoms with Crippen LogP contribution in [0.15, 0.2) is 78.9 Å². The number of halogens is 4. The molecule has 1 unspecified atom stereocenters. The molecule has 1 aliphatic heterocycles. The van der Waals surface area contributed by atoms with Crippen LogP contribution in [0, 0.1) is 0 Å². The number of rotatable bonds is 7. The van der Waals surface area contributed by atoms with Gasteiger partial charge in [-0.05, 0) is 60.9 Å². The van der Waals surface area contributed by atoms with Gasteiger partial charge in [0.2, 0.25) is 12.7 Å². The SMILES string of the molecule is [2H]C([18F])Oc1cccc([C@H]2C[C@@H](N[C@H](C)c3ccccc3)C(=O)N2c2ccc(C(F)(F)F)cc2)c1. The van der Waals surface area contributed by atoms with Crippen molar-refractivity contribution in [1.82, 2.24) is 5.32 Å². The van der Waals surface area contributed by atoms with Crippen LogP contribution in [-0.4, -0.2) is 18.8 Å². The molecule has 1 saturated heterocycles. The Morgan fingerprint density at radius 1 is 1.09 bits per heavy atom. The number of anilines is 1. The number of ether oxygens (including phenoxy) is 1. The lowest BCUT2D eigenvalue weighted by molar-refractivity contribution is -0.137. The maximum Gasteiger partial charge on any atom is 0.416 e. The second-order valence-electron chi connectivity index (χ2n) is 8.14. The van der Waals surface area contributed by atoms with Gasteiger partial charge in [0.1, 0.15) is 7.12 Å². The molecule has 4 nitrogen and oxygen atoms in total. The summed E-state index contributed by atoms with van der Waals surface area (Å²) in [6.07, 6.45) is -4.16. The van der Waals surface area contributed by atoms with Gasteiger partial charge >= 0.3 is 6.18 Å². The van der Waals surface area contributed by atoms with E-state index < -0.39 is 30.7 Å². The molecule has 8 heteroatoms. The first-order valence-electron chi connectivity index (χ1n) is 11.4. The second-order valence-corrected chi connectivity index (χ2v) is 8.14. The lowest BCUT2D eigenvalue weighted by atomic mass is 10.0. The van der Waals surface area contributed by atoms with Crippen molar-refractivity contribution in [3.63, 3.8) is 0 Å². The summed E-state index contributed by atoms with van der Waals surface area (Å²) in [5, 5.41) is 3.33. The van der Waals surface area contributed by atoms with E-state index in [1.807, 2.05) is 37.3 Å². The maximum absolute atomic E-state index is 13.5. The Kier molecular flexibility index (Phi) is 6.49. The minimum absolute atomic E-state index is 0.124. The van der Waals surface area contributed by atoms with Crippen molar-refractivity contribution in [2.24, 2.45) is 0 Å². The fraction of sp³-hybridized carbons (Fsp3) is 0.269. The largest absolute Gasteiger partial charge is 0.463 e. The average Bonchev–Trinajstić information content (AvgIpc) is 3.14. The average molecular weight is 472 g/mol. The van der Waals surface area contributed by atoms with Crippen LogP contribution in [-0.2, 0) is 11.0 Å². The molecule has 1 amide bonds. The van der Waals surface area contributed by atoms with Crippen molar-refractivity contribution >= 4 is 11.6 Å². The number of nitrogens with one attached hydrogen (secondary N) is 1. The zero-order chi connectivity index (χ0) is 25.2. The normalized spacial score (nSPS) is 20.7. The van der Waals surface area contributed by atoms with E-state index in [9.17, 15) is 22.4 Å². The van der Waals surface area contributed by atoms with Gasteiger partial charge in [0, 0.05) is 11.7 Å². The lowest BCUT2D eigenvalue weighted by Gasteiger charge is -2.26. The first-order chi connectivity index (χ1) is 16.6. The molecule has 3 aromatic rings. The predicted octanol–water partition coefficient (Wildman–Crippen LogP) is 6.21. The highest BCUT2D eigenvalue weighted by Gasteiger charge is 2.42. The monoisotopic (exact) mass is 472 g/mol. The van der Waals surface area contributed by atoms with Gasteiger partial charge in [-0.3, -0.25) is 10.1 Å². The molecule has 34 heavy (non-hydrogen) atoms. The summed E-state index contributed by atoms with van der Waals surface area (Å²) in [6.45, 7) is -0.328. The Morgan fingerprint density at radius 2 is 1.79 bits per heavy atom. The lowest BCUT2D eigenvalue weighted by Crippen LogP contribution is -2.39. The van der Waals surface area contributed by atoms with E-state index in [0.717, 1.165) is 17.7 Å². The number of nitrogens with zero attached hydrogens (tertiary/aromatic N) is 1. The first kappa shape index (κ1) is 22.4. The van der Waals surface area contributed by atoms with Gasteiger partial charge in [0.05, 0.1) is 17.6 Å². The molecule has 1 heterocycles. The third kappa shape index (κ3) is 5.07. The summed E-state index contributed by atoms with van der Waals surface area (Å²) in [4.78, 5) is 15.0. The van der Waals surface area contributed by atoms with E-state index in [2.05, 4.69) is 5.32 Å². The number of carbonyl (C=O) groups excluding carboxylic acids is 1. The van der Waals surface area contributed by atoms with Crippen LogP contribution in [0.3, 0.4) is 0 Å². The molecule has 0 aromatic heterocycles. The summed E-state index contributed by atoms with van der Waals surface area (Å²) >= 11 is 0. The summed E-state index contributed by atoms with van der Waals surface area (Å²) in [5.74, 6) is -0.161. The Hall–Kier alpha value is -3.39. The fourth-order valence-corrected chi connectivity index (χ4v) is 4.28. The third-order valence-corrected chi connectivity index (χ3v) is 5.95. The van der Waals surface area contributed by atoms with E-state index in [-0.39, 0.29) is 17.7 Å². The number of alkyl halides is 4. The molecule has 0 radical (unpaired) electrons. The predicted molar refractivity (Wildman–Crippen MR) is 121 cm³/mol. The van der Waals surface area contributed by atoms with Crippen LogP contribution in [0.25, 0.3) is 0 Å². The Balaban J connectivity index is 1.67. The molecule has 0 bridgehead atoms. The van der Waals surface area contributed by atoms with Crippen LogP contribution in [0.4, 0.5) is 23.2 Å². The van der Waals surface area contributed by atoms with Gasteiger partial charge in [-0.1, -0.05) is 42.5 Å². The highest BCUT2D eigenvalue weighted by molar-refractivity contribution is 6.00. The molecular formula is C26H24F4N2O2. The zero-order valence-electron chi connectivity index (χ0n) is 19.3. The van der Waals surface area contributed by atoms with Gasteiger partial charge in [0.15, 0.2) is 0 Å². The Morgan fingerprint density at radius 3 is 2.44 bits per heavy atom. The van der Waals surface area contributed by atoms with E-state index in [1.54, 1.807) is 18.2 Å². The van der Waals surface area contributed by atoms with Gasteiger partial charge < -0.3 is 9.64 Å². The van der Waals surface area contributed by atoms with E-state index >= 15 is 0 Å². The molecule has 1 N–H and O–H groups in total. The highest BCUT2D eigenvalue weighted by Crippen LogP contribution is 2.40. The summed E-state index contributed by atoms with van der Waals surface area (Å²) in [7, 11) is 0. The fourth-order valence-electron chi connectivity index (χ4n) is 4.28. The summed E-state index contributed by atoms with van der Waals surface area (Å²) < 4.78 is 64.2. The molecule has 4 rings (SSSR count). The van der Waals surface area contributed by atoms with Crippen molar-refractivity contribution in [1.29, 1.82) is 0 Å². The second kappa shape index (κ2) is 9.85. The smallest absolute Gasteiger partial charge is 0.416 e. The summed E-state index contributed by atoms with van der Waals surface area (Å²) in [6, 6.07) is 19.1. The zero-order valence-corrected chi connectivity index (χ0v) is 18.3. The molecule has 0 aliphatic carbocycles. The molecule has 178 valence electrons. The van der Waals surface area contributed by atoms with E-state index in [4.69, 9.17) is 6.11 Å². The highest BCUT2D eigenvalue weighted by atomic mass is 19.4. The summed E-state index contributed by atoms with van der Waals surface area (Å²) in [5.41, 5.74) is 1.12. The molecule has 1 aliphatic rings. The van der Waals surface area contributed by atoms with Gasteiger partial charge in [0.25, 0.3) is 0 Å². The molecule has 0 saturated carbocycles. The van der Waals surface area contributed by atoms with E-state index in [0.29, 0.717) is 17.7 Å². The van der Waals surface area contributed by atoms with Crippen LogP contribution < -0.4 is 15.0 Å². The van der Waals surface area contributed by atoms with Gasteiger partial charge in [-0.2, -0.15) is 13.2 Å². The molecule has 0 spiro atoms. The standard InChI is InChI=1S/C26H24F4N2O2/c1-17(18-6-3-2-4-7-18)31-23-15-24(19-8-5-9-22(14-19)34-16-27)32(25(23)33)21-12-10-20(11-13-21)26(28,29)30/h2-14,17,23-24,31H,15-16H2,1H3/t17-,23-,24-/m1/s1/i16D,27-1/t16?,17-,23-,24-. The van der Waals surface area contributed by atoms with Crippen molar-refractivity contribution < 1.29 is 28.5 Å². The Bertz CT molecular complexity index is 1160. The molecule has 3 aromatic carbocycles. The van der Waals surface area contributed by atoms with E-state index in [1.165, 1.54) is 23.1 Å². The minimum Gasteiger partial charge on any atom is -0.463 e. The van der Waals surface area contributed by atoms with Crippen molar-refractivity contribution in [3.8, 4) is 5.75 Å². The number of hydrogen-bond acceptors (Lipinski definition) is 3.